The van der Waals surface area contributed by atoms with Crippen LogP contribution in [0.5, 0.6) is 11.5 Å². The summed E-state index contributed by atoms with van der Waals surface area (Å²) in [5.41, 5.74) is 2.27. The predicted molar refractivity (Wildman–Crippen MR) is 94.1 cm³/mol. The number of esters is 1. The summed E-state index contributed by atoms with van der Waals surface area (Å²) in [6.07, 6.45) is -1.04. The maximum absolute atomic E-state index is 12.3. The van der Waals surface area contributed by atoms with Gasteiger partial charge in [-0.05, 0) is 56.2 Å². The van der Waals surface area contributed by atoms with Gasteiger partial charge in [0.25, 0.3) is 5.91 Å². The van der Waals surface area contributed by atoms with Crippen LogP contribution < -0.4 is 10.1 Å². The number of aryl methyl sites for hydroxylation is 2. The molecule has 6 nitrogen and oxygen atoms in total. The van der Waals surface area contributed by atoms with Crippen molar-refractivity contribution in [2.45, 2.75) is 26.9 Å². The number of aromatic hydroxyl groups is 1. The first-order valence-electron chi connectivity index (χ1n) is 7.78. The molecule has 0 heterocycles. The van der Waals surface area contributed by atoms with Gasteiger partial charge in [-0.2, -0.15) is 0 Å². The number of benzene rings is 2. The summed E-state index contributed by atoms with van der Waals surface area (Å²) >= 11 is 0. The summed E-state index contributed by atoms with van der Waals surface area (Å²) in [6, 6.07) is 9.96. The average Bonchev–Trinajstić information content (AvgIpc) is 2.54. The number of ether oxygens (including phenoxy) is 2. The van der Waals surface area contributed by atoms with E-state index in [9.17, 15) is 14.7 Å². The molecule has 0 spiro atoms. The second kappa shape index (κ2) is 7.70. The van der Waals surface area contributed by atoms with E-state index in [1.807, 2.05) is 13.0 Å². The molecule has 0 fully saturated rings. The van der Waals surface area contributed by atoms with Crippen molar-refractivity contribution in [1.29, 1.82) is 0 Å². The van der Waals surface area contributed by atoms with Gasteiger partial charge in [0.15, 0.2) is 6.10 Å². The van der Waals surface area contributed by atoms with Gasteiger partial charge >= 0.3 is 5.97 Å². The van der Waals surface area contributed by atoms with Crippen LogP contribution in [0.3, 0.4) is 0 Å². The third kappa shape index (κ3) is 4.50. The van der Waals surface area contributed by atoms with E-state index in [-0.39, 0.29) is 11.3 Å². The molecule has 0 bridgehead atoms. The highest BCUT2D eigenvalue weighted by Gasteiger charge is 2.22. The Morgan fingerprint density at radius 3 is 2.36 bits per heavy atom. The second-order valence-electron chi connectivity index (χ2n) is 5.76. The zero-order chi connectivity index (χ0) is 18.6. The lowest BCUT2D eigenvalue weighted by Gasteiger charge is -2.16. The number of rotatable bonds is 5. The SMILES string of the molecule is COc1ccc(C)cc1NC(=O)C(C)OC(=O)c1ccc(C)cc1O. The molecule has 25 heavy (non-hydrogen) atoms. The van der Waals surface area contributed by atoms with Crippen LogP contribution in [0.15, 0.2) is 36.4 Å². The number of amides is 1. The molecule has 132 valence electrons. The quantitative estimate of drug-likeness (QED) is 0.815. The van der Waals surface area contributed by atoms with Gasteiger partial charge in [-0.15, -0.1) is 0 Å². The fraction of sp³-hybridized carbons (Fsp3) is 0.263. The van der Waals surface area contributed by atoms with Crippen molar-refractivity contribution < 1.29 is 24.2 Å². The molecule has 6 heteroatoms. The summed E-state index contributed by atoms with van der Waals surface area (Å²) < 4.78 is 10.3. The van der Waals surface area contributed by atoms with Crippen LogP contribution in [-0.4, -0.2) is 30.2 Å². The van der Waals surface area contributed by atoms with Crippen LogP contribution in [0.25, 0.3) is 0 Å². The van der Waals surface area contributed by atoms with Crippen LogP contribution in [0.2, 0.25) is 0 Å². The average molecular weight is 343 g/mol. The van der Waals surface area contributed by atoms with Crippen LogP contribution in [0.1, 0.15) is 28.4 Å². The predicted octanol–water partition coefficient (Wildman–Crippen LogP) is 3.20. The van der Waals surface area contributed by atoms with E-state index >= 15 is 0 Å². The van der Waals surface area contributed by atoms with E-state index in [1.165, 1.54) is 26.2 Å². The third-order valence-electron chi connectivity index (χ3n) is 3.64. The van der Waals surface area contributed by atoms with E-state index < -0.39 is 18.0 Å². The number of carbonyl (C=O) groups is 2. The van der Waals surface area contributed by atoms with Crippen molar-refractivity contribution in [2.75, 3.05) is 12.4 Å². The van der Waals surface area contributed by atoms with Gasteiger partial charge in [-0.25, -0.2) is 4.79 Å². The highest BCUT2D eigenvalue weighted by Crippen LogP contribution is 2.25. The van der Waals surface area contributed by atoms with Crippen molar-refractivity contribution in [1.82, 2.24) is 0 Å². The summed E-state index contributed by atoms with van der Waals surface area (Å²) in [4.78, 5) is 24.4. The number of phenolic OH excluding ortho intramolecular Hbond substituents is 1. The van der Waals surface area contributed by atoms with Crippen LogP contribution >= 0.6 is 0 Å². The molecule has 2 aromatic carbocycles. The Morgan fingerprint density at radius 2 is 1.72 bits per heavy atom. The maximum atomic E-state index is 12.3. The lowest BCUT2D eigenvalue weighted by Crippen LogP contribution is -2.30. The third-order valence-corrected chi connectivity index (χ3v) is 3.64. The van der Waals surface area contributed by atoms with E-state index in [1.54, 1.807) is 25.1 Å². The van der Waals surface area contributed by atoms with Crippen LogP contribution in [0, 0.1) is 13.8 Å². The van der Waals surface area contributed by atoms with Gasteiger partial charge in [0.2, 0.25) is 0 Å². The second-order valence-corrected chi connectivity index (χ2v) is 5.76. The molecule has 0 aliphatic carbocycles. The minimum Gasteiger partial charge on any atom is -0.507 e. The van der Waals surface area contributed by atoms with Crippen molar-refractivity contribution in [3.8, 4) is 11.5 Å². The highest BCUT2D eigenvalue weighted by atomic mass is 16.5. The first kappa shape index (κ1) is 18.3. The number of carbonyl (C=O) groups excluding carboxylic acids is 2. The van der Waals surface area contributed by atoms with E-state index in [0.29, 0.717) is 11.4 Å². The Morgan fingerprint density at radius 1 is 1.08 bits per heavy atom. The molecule has 1 unspecified atom stereocenters. The number of hydrogen-bond acceptors (Lipinski definition) is 5. The molecule has 2 rings (SSSR count). The Kier molecular flexibility index (Phi) is 5.64. The van der Waals surface area contributed by atoms with Crippen molar-refractivity contribution in [3.63, 3.8) is 0 Å². The Bertz CT molecular complexity index is 800. The van der Waals surface area contributed by atoms with Gasteiger partial charge < -0.3 is 19.9 Å². The molecular weight excluding hydrogens is 322 g/mol. The van der Waals surface area contributed by atoms with Gasteiger partial charge in [-0.3, -0.25) is 4.79 Å². The molecule has 0 aliphatic rings. The lowest BCUT2D eigenvalue weighted by molar-refractivity contribution is -0.123. The fourth-order valence-electron chi connectivity index (χ4n) is 2.25. The molecular formula is C19H21NO5. The number of nitrogens with one attached hydrogen (secondary N) is 1. The van der Waals surface area contributed by atoms with E-state index in [0.717, 1.165) is 11.1 Å². The highest BCUT2D eigenvalue weighted by molar-refractivity contribution is 5.99. The van der Waals surface area contributed by atoms with Gasteiger partial charge in [0, 0.05) is 0 Å². The minimum atomic E-state index is -1.04. The van der Waals surface area contributed by atoms with Crippen LogP contribution in [0.4, 0.5) is 5.69 Å². The van der Waals surface area contributed by atoms with Crippen molar-refractivity contribution in [3.05, 3.63) is 53.1 Å². The monoisotopic (exact) mass is 343 g/mol. The fourth-order valence-corrected chi connectivity index (χ4v) is 2.25. The molecule has 0 saturated carbocycles. The van der Waals surface area contributed by atoms with E-state index in [4.69, 9.17) is 9.47 Å². The Labute approximate surface area is 146 Å². The topological polar surface area (TPSA) is 84.9 Å². The summed E-state index contributed by atoms with van der Waals surface area (Å²) in [5, 5.41) is 12.5. The lowest BCUT2D eigenvalue weighted by atomic mass is 10.1. The summed E-state index contributed by atoms with van der Waals surface area (Å²) in [5.74, 6) is -0.938. The maximum Gasteiger partial charge on any atom is 0.342 e. The first-order valence-corrected chi connectivity index (χ1v) is 7.78. The van der Waals surface area contributed by atoms with Gasteiger partial charge in [0.05, 0.1) is 12.8 Å². The summed E-state index contributed by atoms with van der Waals surface area (Å²) in [7, 11) is 1.50. The molecule has 0 aliphatic heterocycles. The molecule has 0 radical (unpaired) electrons. The normalized spacial score (nSPS) is 11.5. The van der Waals surface area contributed by atoms with Gasteiger partial charge in [0.1, 0.15) is 17.1 Å². The van der Waals surface area contributed by atoms with Crippen molar-refractivity contribution >= 4 is 17.6 Å². The zero-order valence-electron chi connectivity index (χ0n) is 14.6. The summed E-state index contributed by atoms with van der Waals surface area (Å²) in [6.45, 7) is 5.14. The standard InChI is InChI=1S/C19H21NO5/c1-11-6-8-17(24-4)15(9-11)20-18(22)13(3)25-19(23)14-7-5-12(2)10-16(14)21/h5-10,13,21H,1-4H3,(H,20,22). The number of phenols is 1. The molecule has 1 atom stereocenters. The molecule has 1 amide bonds. The Hall–Kier alpha value is -3.02. The Balaban J connectivity index is 2.07. The molecule has 0 aromatic heterocycles. The first-order chi connectivity index (χ1) is 11.8. The van der Waals surface area contributed by atoms with Crippen molar-refractivity contribution in [2.24, 2.45) is 0 Å². The largest absolute Gasteiger partial charge is 0.507 e. The minimum absolute atomic E-state index is 0.0124. The number of hydrogen-bond donors (Lipinski definition) is 2. The number of anilines is 1. The zero-order valence-corrected chi connectivity index (χ0v) is 14.6. The van der Waals surface area contributed by atoms with E-state index in [2.05, 4.69) is 5.32 Å². The molecule has 0 saturated heterocycles. The van der Waals surface area contributed by atoms with Crippen LogP contribution in [-0.2, 0) is 9.53 Å². The number of methoxy groups -OCH3 is 1. The smallest absolute Gasteiger partial charge is 0.342 e. The molecule has 2 aromatic rings. The molecule has 2 N–H and O–H groups in total. The van der Waals surface area contributed by atoms with Gasteiger partial charge in [-0.1, -0.05) is 12.1 Å².